The first-order chi connectivity index (χ1) is 13.5. The van der Waals surface area contributed by atoms with Crippen LogP contribution in [-0.4, -0.2) is 18.0 Å². The third kappa shape index (κ3) is 3.03. The molecule has 0 saturated heterocycles. The molecule has 1 amide bonds. The average molecular weight is 376 g/mol. The predicted octanol–water partition coefficient (Wildman–Crippen LogP) is 4.75. The van der Waals surface area contributed by atoms with Crippen molar-refractivity contribution >= 4 is 22.9 Å². The quantitative estimate of drug-likeness (QED) is 0.699. The maximum absolute atomic E-state index is 13.9. The Morgan fingerprint density at radius 2 is 2.11 bits per heavy atom. The molecule has 5 heteroatoms. The number of carbonyl (C=O) groups excluding carboxylic acids is 1. The number of nitrogens with one attached hydrogen (secondary N) is 1. The van der Waals surface area contributed by atoms with Gasteiger partial charge < -0.3 is 10.1 Å². The number of aryl methyl sites for hydroxylation is 1. The first-order valence-electron chi connectivity index (χ1n) is 9.16. The lowest BCUT2D eigenvalue weighted by molar-refractivity contribution is 0.0930. The third-order valence-electron chi connectivity index (χ3n) is 5.34. The fraction of sp³-hybridized carbons (Fsp3) is 0.217. The van der Waals surface area contributed by atoms with E-state index in [9.17, 15) is 9.18 Å². The van der Waals surface area contributed by atoms with Gasteiger partial charge in [0.05, 0.1) is 18.2 Å². The maximum atomic E-state index is 13.9. The van der Waals surface area contributed by atoms with Crippen LogP contribution in [0.4, 0.5) is 4.39 Å². The van der Waals surface area contributed by atoms with Crippen molar-refractivity contribution in [3.8, 4) is 5.75 Å². The molecule has 0 unspecified atom stereocenters. The summed E-state index contributed by atoms with van der Waals surface area (Å²) in [6.07, 6.45) is 5.21. The molecule has 1 aliphatic carbocycles. The zero-order chi connectivity index (χ0) is 19.9. The number of rotatable bonds is 5. The van der Waals surface area contributed by atoms with Gasteiger partial charge in [0.15, 0.2) is 11.6 Å². The minimum atomic E-state index is -0.478. The van der Waals surface area contributed by atoms with Gasteiger partial charge in [-0.05, 0) is 66.8 Å². The third-order valence-corrected chi connectivity index (χ3v) is 5.34. The van der Waals surface area contributed by atoms with Crippen LogP contribution in [0.1, 0.15) is 39.9 Å². The lowest BCUT2D eigenvalue weighted by atomic mass is 9.95. The van der Waals surface area contributed by atoms with Crippen molar-refractivity contribution in [2.24, 2.45) is 0 Å². The first kappa shape index (κ1) is 18.2. The van der Waals surface area contributed by atoms with Crippen molar-refractivity contribution in [2.75, 3.05) is 7.11 Å². The molecule has 1 saturated carbocycles. The van der Waals surface area contributed by atoms with E-state index in [1.54, 1.807) is 19.2 Å². The van der Waals surface area contributed by atoms with Crippen LogP contribution in [-0.2, 0) is 5.54 Å². The van der Waals surface area contributed by atoms with Crippen molar-refractivity contribution in [3.05, 3.63) is 77.2 Å². The highest BCUT2D eigenvalue weighted by atomic mass is 19.1. The van der Waals surface area contributed by atoms with Gasteiger partial charge in [0, 0.05) is 17.1 Å². The molecule has 0 spiro atoms. The molecule has 4 rings (SSSR count). The highest BCUT2D eigenvalue weighted by Crippen LogP contribution is 2.48. The molecule has 3 aromatic rings. The van der Waals surface area contributed by atoms with Crippen LogP contribution < -0.4 is 10.1 Å². The molecule has 1 aromatic heterocycles. The van der Waals surface area contributed by atoms with Crippen molar-refractivity contribution < 1.29 is 13.9 Å². The molecule has 0 atom stereocenters. The van der Waals surface area contributed by atoms with Gasteiger partial charge in [0.2, 0.25) is 0 Å². The molecule has 4 nitrogen and oxygen atoms in total. The van der Waals surface area contributed by atoms with E-state index in [-0.39, 0.29) is 11.7 Å². The van der Waals surface area contributed by atoms with Crippen LogP contribution in [0.2, 0.25) is 0 Å². The number of amides is 1. The monoisotopic (exact) mass is 376 g/mol. The van der Waals surface area contributed by atoms with Crippen LogP contribution in [0.15, 0.2) is 49.2 Å². The van der Waals surface area contributed by atoms with Crippen LogP contribution in [0.5, 0.6) is 5.75 Å². The second kappa shape index (κ2) is 6.75. The number of ether oxygens (including phenoxy) is 1. The van der Waals surface area contributed by atoms with Gasteiger partial charge in [-0.15, -0.1) is 0 Å². The standard InChI is InChI=1S/C23H21FN2O2/c1-4-15-11-18(16-6-5-9-25-20(16)12-15)23(7-8-23)26-22(27)17-13-21(28-3)19(24)10-14(17)2/h4-6,9-13H,1,7-8H2,2-3H3,(H,26,27). The molecule has 0 aliphatic heterocycles. The summed E-state index contributed by atoms with van der Waals surface area (Å²) in [6.45, 7) is 5.58. The lowest BCUT2D eigenvalue weighted by Crippen LogP contribution is -2.35. The summed E-state index contributed by atoms with van der Waals surface area (Å²) in [4.78, 5) is 17.5. The minimum absolute atomic E-state index is 0.0592. The van der Waals surface area contributed by atoms with Crippen molar-refractivity contribution in [3.63, 3.8) is 0 Å². The van der Waals surface area contributed by atoms with Crippen molar-refractivity contribution in [1.82, 2.24) is 10.3 Å². The van der Waals surface area contributed by atoms with E-state index in [0.717, 1.165) is 34.9 Å². The van der Waals surface area contributed by atoms with E-state index in [0.29, 0.717) is 11.1 Å². The summed E-state index contributed by atoms with van der Waals surface area (Å²) < 4.78 is 18.9. The fourth-order valence-electron chi connectivity index (χ4n) is 3.64. The summed E-state index contributed by atoms with van der Waals surface area (Å²) in [6, 6.07) is 10.7. The lowest BCUT2D eigenvalue weighted by Gasteiger charge is -2.21. The number of pyridine rings is 1. The Morgan fingerprint density at radius 3 is 2.79 bits per heavy atom. The number of fused-ring (bicyclic) bond motifs is 1. The number of aromatic nitrogens is 1. The van der Waals surface area contributed by atoms with Crippen LogP contribution in [0.3, 0.4) is 0 Å². The predicted molar refractivity (Wildman–Crippen MR) is 108 cm³/mol. The largest absolute Gasteiger partial charge is 0.494 e. The number of nitrogens with zero attached hydrogens (tertiary/aromatic N) is 1. The minimum Gasteiger partial charge on any atom is -0.494 e. The summed E-state index contributed by atoms with van der Waals surface area (Å²) in [7, 11) is 1.39. The van der Waals surface area contributed by atoms with Crippen molar-refractivity contribution in [2.45, 2.75) is 25.3 Å². The topological polar surface area (TPSA) is 51.2 Å². The van der Waals surface area contributed by atoms with Gasteiger partial charge in [-0.25, -0.2) is 4.39 Å². The fourth-order valence-corrected chi connectivity index (χ4v) is 3.64. The number of hydrogen-bond acceptors (Lipinski definition) is 3. The highest BCUT2D eigenvalue weighted by molar-refractivity contribution is 5.97. The molecule has 1 N–H and O–H groups in total. The summed E-state index contributed by atoms with van der Waals surface area (Å²) in [5.41, 5.74) is 3.39. The number of hydrogen-bond donors (Lipinski definition) is 1. The Kier molecular flexibility index (Phi) is 4.38. The zero-order valence-corrected chi connectivity index (χ0v) is 15.9. The Labute approximate surface area is 163 Å². The van der Waals surface area contributed by atoms with Gasteiger partial charge in [-0.2, -0.15) is 0 Å². The normalized spacial score (nSPS) is 14.5. The SMILES string of the molecule is C=Cc1cc(C2(NC(=O)c3cc(OC)c(F)cc3C)CC2)c2cccnc2c1. The van der Waals surface area contributed by atoms with E-state index < -0.39 is 11.4 Å². The van der Waals surface area contributed by atoms with Crippen LogP contribution in [0, 0.1) is 12.7 Å². The first-order valence-corrected chi connectivity index (χ1v) is 9.16. The Bertz CT molecular complexity index is 1100. The second-order valence-corrected chi connectivity index (χ2v) is 7.18. The maximum Gasteiger partial charge on any atom is 0.252 e. The number of halogens is 1. The number of carbonyl (C=O) groups is 1. The summed E-state index contributed by atoms with van der Waals surface area (Å²) in [5.74, 6) is -0.660. The summed E-state index contributed by atoms with van der Waals surface area (Å²) >= 11 is 0. The molecule has 0 radical (unpaired) electrons. The molecular weight excluding hydrogens is 355 g/mol. The zero-order valence-electron chi connectivity index (χ0n) is 15.9. The smallest absolute Gasteiger partial charge is 0.252 e. The van der Waals surface area contributed by atoms with E-state index in [4.69, 9.17) is 4.74 Å². The number of benzene rings is 2. The van der Waals surface area contributed by atoms with E-state index >= 15 is 0 Å². The Hall–Kier alpha value is -3.21. The molecule has 1 aliphatic rings. The molecule has 1 heterocycles. The Balaban J connectivity index is 1.74. The second-order valence-electron chi connectivity index (χ2n) is 7.18. The summed E-state index contributed by atoms with van der Waals surface area (Å²) in [5, 5.41) is 4.19. The molecular formula is C23H21FN2O2. The van der Waals surface area contributed by atoms with Crippen LogP contribution >= 0.6 is 0 Å². The van der Waals surface area contributed by atoms with Gasteiger partial charge >= 0.3 is 0 Å². The van der Waals surface area contributed by atoms with E-state index in [1.165, 1.54) is 19.2 Å². The van der Waals surface area contributed by atoms with Gasteiger partial charge in [0.25, 0.3) is 5.91 Å². The Morgan fingerprint density at radius 1 is 1.32 bits per heavy atom. The molecule has 142 valence electrons. The van der Waals surface area contributed by atoms with Gasteiger partial charge in [-0.3, -0.25) is 9.78 Å². The molecule has 2 aromatic carbocycles. The highest BCUT2D eigenvalue weighted by Gasteiger charge is 2.47. The van der Waals surface area contributed by atoms with E-state index in [1.807, 2.05) is 18.2 Å². The van der Waals surface area contributed by atoms with E-state index in [2.05, 4.69) is 22.9 Å². The average Bonchev–Trinajstić information content (AvgIpc) is 3.47. The molecule has 1 fully saturated rings. The van der Waals surface area contributed by atoms with Gasteiger partial charge in [-0.1, -0.05) is 18.7 Å². The number of methoxy groups -OCH3 is 1. The van der Waals surface area contributed by atoms with Crippen LogP contribution in [0.25, 0.3) is 17.0 Å². The van der Waals surface area contributed by atoms with Crippen molar-refractivity contribution in [1.29, 1.82) is 0 Å². The molecule has 0 bridgehead atoms. The molecule has 28 heavy (non-hydrogen) atoms. The van der Waals surface area contributed by atoms with Gasteiger partial charge in [0.1, 0.15) is 0 Å².